The number of anilines is 1. The molecule has 1 aliphatic heterocycles. The number of aromatic nitrogens is 1. The predicted molar refractivity (Wildman–Crippen MR) is 83.0 cm³/mol. The van der Waals surface area contributed by atoms with Crippen LogP contribution in [0.1, 0.15) is 29.7 Å². The molecule has 1 aromatic rings. The van der Waals surface area contributed by atoms with Crippen molar-refractivity contribution in [3.8, 4) is 0 Å². The van der Waals surface area contributed by atoms with Crippen LogP contribution in [0, 0.1) is 19.8 Å². The van der Waals surface area contributed by atoms with Gasteiger partial charge in [0.05, 0.1) is 0 Å². The van der Waals surface area contributed by atoms with Gasteiger partial charge < -0.3 is 10.6 Å². The van der Waals surface area contributed by atoms with Gasteiger partial charge in [-0.3, -0.25) is 4.90 Å². The van der Waals surface area contributed by atoms with E-state index in [-0.39, 0.29) is 0 Å². The van der Waals surface area contributed by atoms with Gasteiger partial charge in [-0.2, -0.15) is 0 Å². The Morgan fingerprint density at radius 3 is 2.50 bits per heavy atom. The number of nitrogens with two attached hydrogens (primary N) is 1. The van der Waals surface area contributed by atoms with Gasteiger partial charge in [-0.25, -0.2) is 4.98 Å². The van der Waals surface area contributed by atoms with E-state index in [1.54, 1.807) is 0 Å². The fraction of sp³-hybridized carbons (Fsp3) is 0.688. The normalized spacial score (nSPS) is 20.4. The van der Waals surface area contributed by atoms with Crippen LogP contribution in [0.15, 0.2) is 6.07 Å². The number of pyridine rings is 1. The van der Waals surface area contributed by atoms with Gasteiger partial charge in [-0.15, -0.1) is 0 Å². The maximum atomic E-state index is 5.93. The number of rotatable bonds is 4. The molecule has 20 heavy (non-hydrogen) atoms. The molecule has 0 unspecified atom stereocenters. The zero-order valence-electron chi connectivity index (χ0n) is 12.7. The molecule has 4 heteroatoms. The first-order chi connectivity index (χ1) is 9.67. The summed E-state index contributed by atoms with van der Waals surface area (Å²) in [6, 6.07) is 2.13. The summed E-state index contributed by atoms with van der Waals surface area (Å²) >= 11 is 0. The number of nitrogens with zero attached hydrogens (tertiary/aromatic N) is 3. The van der Waals surface area contributed by atoms with Crippen LogP contribution in [0.25, 0.3) is 0 Å². The largest absolute Gasteiger partial charge is 0.354 e. The van der Waals surface area contributed by atoms with Crippen LogP contribution in [0.4, 0.5) is 5.82 Å². The first kappa shape index (κ1) is 13.8. The second-order valence-corrected chi connectivity index (χ2v) is 6.32. The van der Waals surface area contributed by atoms with E-state index in [4.69, 9.17) is 10.7 Å². The number of piperazine rings is 1. The number of hydrogen-bond donors (Lipinski definition) is 1. The molecule has 0 amide bonds. The molecule has 1 saturated heterocycles. The molecule has 3 rings (SSSR count). The molecule has 1 aromatic heterocycles. The minimum absolute atomic E-state index is 0.580. The summed E-state index contributed by atoms with van der Waals surface area (Å²) < 4.78 is 0. The second kappa shape index (κ2) is 5.70. The molecule has 1 aliphatic carbocycles. The zero-order valence-corrected chi connectivity index (χ0v) is 12.7. The van der Waals surface area contributed by atoms with Crippen molar-refractivity contribution < 1.29 is 0 Å². The summed E-state index contributed by atoms with van der Waals surface area (Å²) in [5, 5.41) is 0. The summed E-state index contributed by atoms with van der Waals surface area (Å²) in [5.74, 6) is 2.11. The summed E-state index contributed by atoms with van der Waals surface area (Å²) in [6.07, 6.45) is 2.88. The number of aryl methyl sites for hydroxylation is 2. The third-order valence-electron chi connectivity index (χ3n) is 4.54. The zero-order chi connectivity index (χ0) is 14.1. The molecule has 4 nitrogen and oxygen atoms in total. The second-order valence-electron chi connectivity index (χ2n) is 6.32. The van der Waals surface area contributed by atoms with E-state index < -0.39 is 0 Å². The molecular formula is C16H26N4. The van der Waals surface area contributed by atoms with Crippen molar-refractivity contribution in [1.29, 1.82) is 0 Å². The van der Waals surface area contributed by atoms with E-state index in [1.807, 2.05) is 0 Å². The molecule has 110 valence electrons. The summed E-state index contributed by atoms with van der Waals surface area (Å²) in [7, 11) is 0. The van der Waals surface area contributed by atoms with Gasteiger partial charge in [0.2, 0.25) is 0 Å². The molecule has 0 aromatic carbocycles. The standard InChI is InChI=1S/C16H26N4/c1-12-9-13(2)18-16(15(12)10-17)20-7-5-19(6-8-20)11-14-3-4-14/h9,14H,3-8,10-11,17H2,1-2H3. The van der Waals surface area contributed by atoms with Crippen LogP contribution >= 0.6 is 0 Å². The topological polar surface area (TPSA) is 45.4 Å². The number of hydrogen-bond acceptors (Lipinski definition) is 4. The van der Waals surface area contributed by atoms with Gasteiger partial charge in [0.25, 0.3) is 0 Å². The van der Waals surface area contributed by atoms with Gasteiger partial charge in [-0.1, -0.05) is 0 Å². The van der Waals surface area contributed by atoms with Crippen molar-refractivity contribution >= 4 is 5.82 Å². The van der Waals surface area contributed by atoms with Crippen molar-refractivity contribution in [2.45, 2.75) is 33.2 Å². The predicted octanol–water partition coefficient (Wildman–Crippen LogP) is 1.69. The third-order valence-corrected chi connectivity index (χ3v) is 4.54. The van der Waals surface area contributed by atoms with Crippen molar-refractivity contribution in [3.63, 3.8) is 0 Å². The Hall–Kier alpha value is -1.13. The van der Waals surface area contributed by atoms with Gasteiger partial charge >= 0.3 is 0 Å². The highest BCUT2D eigenvalue weighted by Crippen LogP contribution is 2.30. The maximum absolute atomic E-state index is 5.93. The Kier molecular flexibility index (Phi) is 3.94. The average molecular weight is 274 g/mol. The Labute approximate surface area is 122 Å². The highest BCUT2D eigenvalue weighted by atomic mass is 15.3. The van der Waals surface area contributed by atoms with Crippen LogP contribution in [-0.4, -0.2) is 42.6 Å². The lowest BCUT2D eigenvalue weighted by Crippen LogP contribution is -2.47. The summed E-state index contributed by atoms with van der Waals surface area (Å²) in [6.45, 7) is 10.6. The molecule has 2 aliphatic rings. The minimum atomic E-state index is 0.580. The van der Waals surface area contributed by atoms with Crippen molar-refractivity contribution in [2.75, 3.05) is 37.6 Å². The first-order valence-electron chi connectivity index (χ1n) is 7.82. The van der Waals surface area contributed by atoms with Crippen LogP contribution in [0.5, 0.6) is 0 Å². The smallest absolute Gasteiger partial charge is 0.133 e. The molecule has 0 spiro atoms. The van der Waals surface area contributed by atoms with Crippen molar-refractivity contribution in [1.82, 2.24) is 9.88 Å². The van der Waals surface area contributed by atoms with Gasteiger partial charge in [0, 0.05) is 50.5 Å². The fourth-order valence-corrected chi connectivity index (χ4v) is 3.17. The Morgan fingerprint density at radius 2 is 1.90 bits per heavy atom. The molecule has 2 N–H and O–H groups in total. The monoisotopic (exact) mass is 274 g/mol. The van der Waals surface area contributed by atoms with E-state index in [0.717, 1.165) is 43.6 Å². The van der Waals surface area contributed by atoms with Gasteiger partial charge in [0.15, 0.2) is 0 Å². The molecule has 0 bridgehead atoms. The Morgan fingerprint density at radius 1 is 1.20 bits per heavy atom. The van der Waals surface area contributed by atoms with E-state index in [0.29, 0.717) is 6.54 Å². The van der Waals surface area contributed by atoms with E-state index >= 15 is 0 Å². The maximum Gasteiger partial charge on any atom is 0.133 e. The Bertz CT molecular complexity index is 474. The lowest BCUT2D eigenvalue weighted by molar-refractivity contribution is 0.247. The van der Waals surface area contributed by atoms with Crippen LogP contribution < -0.4 is 10.6 Å². The SMILES string of the molecule is Cc1cc(C)c(CN)c(N2CCN(CC3CC3)CC2)n1. The molecule has 0 atom stereocenters. The van der Waals surface area contributed by atoms with Crippen LogP contribution in [0.3, 0.4) is 0 Å². The van der Waals surface area contributed by atoms with E-state index in [9.17, 15) is 0 Å². The first-order valence-corrected chi connectivity index (χ1v) is 7.82. The van der Waals surface area contributed by atoms with Crippen LogP contribution in [0.2, 0.25) is 0 Å². The molecule has 0 radical (unpaired) electrons. The van der Waals surface area contributed by atoms with Crippen molar-refractivity contribution in [3.05, 3.63) is 22.9 Å². The fourth-order valence-electron chi connectivity index (χ4n) is 3.17. The van der Waals surface area contributed by atoms with Gasteiger partial charge in [0.1, 0.15) is 5.82 Å². The lowest BCUT2D eigenvalue weighted by atomic mass is 10.1. The summed E-state index contributed by atoms with van der Waals surface area (Å²) in [4.78, 5) is 9.79. The molecule has 1 saturated carbocycles. The van der Waals surface area contributed by atoms with Gasteiger partial charge in [-0.05, 0) is 44.2 Å². The van der Waals surface area contributed by atoms with Crippen LogP contribution in [-0.2, 0) is 6.54 Å². The van der Waals surface area contributed by atoms with E-state index in [1.165, 1.54) is 30.5 Å². The molecule has 2 heterocycles. The average Bonchev–Trinajstić information content (AvgIpc) is 3.23. The minimum Gasteiger partial charge on any atom is -0.354 e. The Balaban J connectivity index is 1.70. The van der Waals surface area contributed by atoms with E-state index in [2.05, 4.69) is 29.7 Å². The quantitative estimate of drug-likeness (QED) is 0.907. The third kappa shape index (κ3) is 2.96. The highest BCUT2D eigenvalue weighted by molar-refractivity contribution is 5.52. The summed E-state index contributed by atoms with van der Waals surface area (Å²) in [5.41, 5.74) is 9.51. The van der Waals surface area contributed by atoms with Crippen molar-refractivity contribution in [2.24, 2.45) is 11.7 Å². The lowest BCUT2D eigenvalue weighted by Gasteiger charge is -2.36. The molecular weight excluding hydrogens is 248 g/mol. The highest BCUT2D eigenvalue weighted by Gasteiger charge is 2.27. The molecule has 2 fully saturated rings.